The molecule has 2 heterocycles. The highest BCUT2D eigenvalue weighted by Crippen LogP contribution is 2.14. The van der Waals surface area contributed by atoms with Crippen molar-refractivity contribution in [3.63, 3.8) is 0 Å². The van der Waals surface area contributed by atoms with E-state index in [2.05, 4.69) is 10.3 Å². The Labute approximate surface area is 109 Å². The van der Waals surface area contributed by atoms with Gasteiger partial charge >= 0.3 is 0 Å². The first-order valence-corrected chi connectivity index (χ1v) is 6.77. The zero-order valence-corrected chi connectivity index (χ0v) is 10.8. The lowest BCUT2D eigenvalue weighted by Gasteiger charge is -2.02. The van der Waals surface area contributed by atoms with Crippen molar-refractivity contribution < 1.29 is 17.6 Å². The van der Waals surface area contributed by atoms with Crippen molar-refractivity contribution in [2.24, 2.45) is 5.14 Å². The van der Waals surface area contributed by atoms with Gasteiger partial charge < -0.3 is 9.73 Å². The number of carbonyl (C=O) groups is 1. The molecule has 0 spiro atoms. The number of nitrogens with two attached hydrogens (primary N) is 1. The molecule has 0 aliphatic carbocycles. The van der Waals surface area contributed by atoms with Crippen LogP contribution in [-0.2, 0) is 10.0 Å². The Morgan fingerprint density at radius 3 is 2.68 bits per heavy atom. The molecule has 0 aromatic carbocycles. The van der Waals surface area contributed by atoms with Gasteiger partial charge in [-0.25, -0.2) is 18.5 Å². The van der Waals surface area contributed by atoms with E-state index >= 15 is 0 Å². The van der Waals surface area contributed by atoms with Crippen LogP contribution in [0.3, 0.4) is 0 Å². The highest BCUT2D eigenvalue weighted by molar-refractivity contribution is 7.89. The Morgan fingerprint density at radius 1 is 1.37 bits per heavy atom. The first-order valence-electron chi connectivity index (χ1n) is 5.23. The van der Waals surface area contributed by atoms with Crippen LogP contribution in [0.2, 0.25) is 0 Å². The number of amides is 1. The lowest BCUT2D eigenvalue weighted by molar-refractivity contribution is 0.0991. The number of nitrogens with one attached hydrogen (secondary N) is 1. The van der Waals surface area contributed by atoms with Crippen LogP contribution in [-0.4, -0.2) is 19.3 Å². The van der Waals surface area contributed by atoms with Gasteiger partial charge in [0.1, 0.15) is 5.82 Å². The van der Waals surface area contributed by atoms with Crippen LogP contribution in [0.1, 0.15) is 16.1 Å². The summed E-state index contributed by atoms with van der Waals surface area (Å²) in [4.78, 5) is 15.7. The Bertz CT molecular complexity index is 721. The summed E-state index contributed by atoms with van der Waals surface area (Å²) in [5.41, 5.74) is 0.926. The molecule has 0 radical (unpaired) electrons. The van der Waals surface area contributed by atoms with Gasteiger partial charge in [0.25, 0.3) is 15.9 Å². The Morgan fingerprint density at radius 2 is 2.11 bits per heavy atom. The van der Waals surface area contributed by atoms with Gasteiger partial charge in [-0.05, 0) is 36.8 Å². The van der Waals surface area contributed by atoms with E-state index in [0.717, 1.165) is 11.6 Å². The summed E-state index contributed by atoms with van der Waals surface area (Å²) in [6.07, 6.45) is 1.54. The lowest BCUT2D eigenvalue weighted by atomic mass is 10.3. The second-order valence-corrected chi connectivity index (χ2v) is 5.33. The number of rotatable bonds is 3. The number of sulfonamides is 1. The van der Waals surface area contributed by atoms with Gasteiger partial charge in [-0.15, -0.1) is 0 Å². The van der Waals surface area contributed by atoms with Crippen LogP contribution in [0, 0.1) is 6.92 Å². The summed E-state index contributed by atoms with van der Waals surface area (Å²) in [7, 11) is -3.96. The van der Waals surface area contributed by atoms with Gasteiger partial charge in [-0.1, -0.05) is 0 Å². The Hall–Kier alpha value is -2.19. The molecule has 7 nitrogen and oxygen atoms in total. The van der Waals surface area contributed by atoms with E-state index in [0.29, 0.717) is 5.82 Å². The first kappa shape index (κ1) is 13.2. The van der Waals surface area contributed by atoms with E-state index in [1.165, 1.54) is 6.07 Å². The van der Waals surface area contributed by atoms with Crippen LogP contribution in [0.15, 0.2) is 40.0 Å². The number of hydrogen-bond donors (Lipinski definition) is 2. The molecule has 0 fully saturated rings. The molecule has 1 amide bonds. The van der Waals surface area contributed by atoms with Gasteiger partial charge in [-0.2, -0.15) is 0 Å². The van der Waals surface area contributed by atoms with Crippen molar-refractivity contribution >= 4 is 21.7 Å². The molecule has 19 heavy (non-hydrogen) atoms. The molecule has 0 saturated carbocycles. The summed E-state index contributed by atoms with van der Waals surface area (Å²) in [6, 6.07) is 5.79. The van der Waals surface area contributed by atoms with Gasteiger partial charge in [0.05, 0.1) is 0 Å². The second-order valence-electron chi connectivity index (χ2n) is 3.84. The van der Waals surface area contributed by atoms with Crippen molar-refractivity contribution in [1.29, 1.82) is 0 Å². The van der Waals surface area contributed by atoms with Gasteiger partial charge in [0, 0.05) is 6.20 Å². The Kier molecular flexibility index (Phi) is 3.36. The minimum absolute atomic E-state index is 0.160. The first-order chi connectivity index (χ1) is 8.86. The van der Waals surface area contributed by atoms with Crippen LogP contribution in [0.25, 0.3) is 0 Å². The third kappa shape index (κ3) is 3.18. The summed E-state index contributed by atoms with van der Waals surface area (Å²) < 4.78 is 26.9. The van der Waals surface area contributed by atoms with Gasteiger partial charge in [0.15, 0.2) is 5.76 Å². The zero-order valence-electron chi connectivity index (χ0n) is 9.95. The molecule has 0 aliphatic heterocycles. The monoisotopic (exact) mass is 281 g/mol. The van der Waals surface area contributed by atoms with E-state index in [4.69, 9.17) is 9.56 Å². The minimum atomic E-state index is -3.96. The average molecular weight is 281 g/mol. The quantitative estimate of drug-likeness (QED) is 0.866. The maximum absolute atomic E-state index is 11.8. The molecular weight excluding hydrogens is 270 g/mol. The molecule has 2 aromatic heterocycles. The second kappa shape index (κ2) is 4.82. The molecule has 0 bridgehead atoms. The standard InChI is InChI=1S/C11H11N3O4S/c1-7-4-5-13-9(6-7)14-11(15)8-2-3-10(18-8)19(12,16)17/h2-6H,1H3,(H2,12,16,17)(H,13,14,15). The van der Waals surface area contributed by atoms with E-state index in [-0.39, 0.29) is 5.76 Å². The molecule has 2 rings (SSSR count). The van der Waals surface area contributed by atoms with Crippen LogP contribution < -0.4 is 10.5 Å². The van der Waals surface area contributed by atoms with E-state index in [1.807, 2.05) is 6.92 Å². The zero-order chi connectivity index (χ0) is 14.0. The summed E-state index contributed by atoms with van der Waals surface area (Å²) >= 11 is 0. The van der Waals surface area contributed by atoms with E-state index in [1.54, 1.807) is 18.3 Å². The topological polar surface area (TPSA) is 115 Å². The number of anilines is 1. The number of carbonyl (C=O) groups excluding carboxylic acids is 1. The molecule has 8 heteroatoms. The number of nitrogens with zero attached hydrogens (tertiary/aromatic N) is 1. The van der Waals surface area contributed by atoms with Crippen LogP contribution in [0.4, 0.5) is 5.82 Å². The van der Waals surface area contributed by atoms with Crippen LogP contribution in [0.5, 0.6) is 0 Å². The van der Waals surface area contributed by atoms with Crippen molar-refractivity contribution in [2.75, 3.05) is 5.32 Å². The van der Waals surface area contributed by atoms with Crippen molar-refractivity contribution in [1.82, 2.24) is 4.98 Å². The third-order valence-electron chi connectivity index (χ3n) is 2.24. The fourth-order valence-corrected chi connectivity index (χ4v) is 1.84. The van der Waals surface area contributed by atoms with Gasteiger partial charge in [-0.3, -0.25) is 4.79 Å². The molecule has 0 aliphatic rings. The normalized spacial score (nSPS) is 11.3. The average Bonchev–Trinajstić information content (AvgIpc) is 2.77. The molecule has 2 aromatic rings. The minimum Gasteiger partial charge on any atom is -0.438 e. The molecule has 100 valence electrons. The van der Waals surface area contributed by atoms with Crippen LogP contribution >= 0.6 is 0 Å². The molecule has 0 saturated heterocycles. The summed E-state index contributed by atoms with van der Waals surface area (Å²) in [5, 5.41) is 6.90. The predicted molar refractivity (Wildman–Crippen MR) is 67.0 cm³/mol. The van der Waals surface area contributed by atoms with Crippen molar-refractivity contribution in [2.45, 2.75) is 12.0 Å². The predicted octanol–water partition coefficient (Wildman–Crippen LogP) is 0.883. The maximum atomic E-state index is 11.8. The maximum Gasteiger partial charge on any atom is 0.292 e. The molecule has 0 unspecified atom stereocenters. The number of hydrogen-bond acceptors (Lipinski definition) is 5. The smallest absolute Gasteiger partial charge is 0.292 e. The summed E-state index contributed by atoms with van der Waals surface area (Å²) in [5.74, 6) is -0.418. The van der Waals surface area contributed by atoms with E-state index < -0.39 is 21.0 Å². The number of pyridine rings is 1. The third-order valence-corrected chi connectivity index (χ3v) is 3.02. The number of aromatic nitrogens is 1. The molecular formula is C11H11N3O4S. The largest absolute Gasteiger partial charge is 0.438 e. The molecule has 0 atom stereocenters. The summed E-state index contributed by atoms with van der Waals surface area (Å²) in [6.45, 7) is 1.85. The van der Waals surface area contributed by atoms with E-state index in [9.17, 15) is 13.2 Å². The van der Waals surface area contributed by atoms with Crippen molar-refractivity contribution in [3.05, 3.63) is 41.8 Å². The highest BCUT2D eigenvalue weighted by atomic mass is 32.2. The number of primary sulfonamides is 1. The van der Waals surface area contributed by atoms with Crippen molar-refractivity contribution in [3.8, 4) is 0 Å². The Balaban J connectivity index is 2.19. The highest BCUT2D eigenvalue weighted by Gasteiger charge is 2.17. The van der Waals surface area contributed by atoms with Gasteiger partial charge in [0.2, 0.25) is 5.09 Å². The molecule has 3 N–H and O–H groups in total. The number of aryl methyl sites for hydroxylation is 1. The number of furan rings is 1. The SMILES string of the molecule is Cc1ccnc(NC(=O)c2ccc(S(N)(=O)=O)o2)c1. The fraction of sp³-hybridized carbons (Fsp3) is 0.0909. The lowest BCUT2D eigenvalue weighted by Crippen LogP contribution is -2.13. The fourth-order valence-electron chi connectivity index (χ4n) is 1.38.